The van der Waals surface area contributed by atoms with Crippen molar-refractivity contribution in [3.8, 4) is 33.9 Å². The van der Waals surface area contributed by atoms with Gasteiger partial charge in [-0.1, -0.05) is 30.3 Å². The highest BCUT2D eigenvalue weighted by molar-refractivity contribution is 5.84. The van der Waals surface area contributed by atoms with E-state index in [0.717, 1.165) is 16.8 Å². The number of phenolic OH excluding ortho intramolecular Hbond substituents is 2. The molecule has 0 amide bonds. The van der Waals surface area contributed by atoms with Crippen molar-refractivity contribution in [1.82, 2.24) is 10.2 Å². The second kappa shape index (κ2) is 4.74. The minimum absolute atomic E-state index is 0.0615. The van der Waals surface area contributed by atoms with Crippen molar-refractivity contribution in [2.45, 2.75) is 6.92 Å². The largest absolute Gasteiger partial charge is 0.508 e. The molecule has 0 unspecified atom stereocenters. The van der Waals surface area contributed by atoms with Crippen LogP contribution in [0.4, 0.5) is 0 Å². The summed E-state index contributed by atoms with van der Waals surface area (Å²) in [5, 5.41) is 26.8. The van der Waals surface area contributed by atoms with Gasteiger partial charge in [0.05, 0.1) is 11.9 Å². The second-order valence-electron chi connectivity index (χ2n) is 4.63. The maximum Gasteiger partial charge on any atom is 0.131 e. The standard InChI is InChI=1S/C16H14N2O2/c1-10-14(19)8-7-12(16(10)20)15-13(9-17-18-15)11-5-3-2-4-6-11/h2-9,19-20H,1H3,(H,17,18). The molecular formula is C16H14N2O2. The zero-order valence-corrected chi connectivity index (χ0v) is 11.0. The number of hydrogen-bond donors (Lipinski definition) is 3. The molecule has 0 aliphatic heterocycles. The minimum Gasteiger partial charge on any atom is -0.508 e. The molecule has 0 saturated carbocycles. The minimum atomic E-state index is 0.0615. The van der Waals surface area contributed by atoms with Gasteiger partial charge in [-0.25, -0.2) is 0 Å². The van der Waals surface area contributed by atoms with Gasteiger partial charge in [0.2, 0.25) is 0 Å². The fourth-order valence-electron chi connectivity index (χ4n) is 2.22. The molecule has 0 aliphatic rings. The molecule has 4 heteroatoms. The van der Waals surface area contributed by atoms with E-state index < -0.39 is 0 Å². The van der Waals surface area contributed by atoms with Crippen molar-refractivity contribution >= 4 is 0 Å². The number of hydrogen-bond acceptors (Lipinski definition) is 3. The molecule has 0 atom stereocenters. The number of nitrogens with one attached hydrogen (secondary N) is 1. The van der Waals surface area contributed by atoms with Crippen LogP contribution < -0.4 is 0 Å². The molecule has 0 aliphatic carbocycles. The average Bonchev–Trinajstić information content (AvgIpc) is 2.95. The molecule has 20 heavy (non-hydrogen) atoms. The van der Waals surface area contributed by atoms with Crippen LogP contribution in [0.2, 0.25) is 0 Å². The number of aromatic hydroxyl groups is 2. The SMILES string of the molecule is Cc1c(O)ccc(-c2[nH]ncc2-c2ccccc2)c1O. The summed E-state index contributed by atoms with van der Waals surface area (Å²) in [6, 6.07) is 13.1. The average molecular weight is 266 g/mol. The molecule has 100 valence electrons. The van der Waals surface area contributed by atoms with Crippen molar-refractivity contribution in [2.75, 3.05) is 0 Å². The summed E-state index contributed by atoms with van der Waals surface area (Å²) in [7, 11) is 0. The molecule has 0 fully saturated rings. The number of nitrogens with zero attached hydrogens (tertiary/aromatic N) is 1. The predicted molar refractivity (Wildman–Crippen MR) is 77.5 cm³/mol. The van der Waals surface area contributed by atoms with Gasteiger partial charge in [0.25, 0.3) is 0 Å². The van der Waals surface area contributed by atoms with Gasteiger partial charge in [0.15, 0.2) is 0 Å². The van der Waals surface area contributed by atoms with Crippen LogP contribution in [0.15, 0.2) is 48.7 Å². The molecule has 3 rings (SSSR count). The lowest BCUT2D eigenvalue weighted by Crippen LogP contribution is -1.86. The fraction of sp³-hybridized carbons (Fsp3) is 0.0625. The monoisotopic (exact) mass is 266 g/mol. The van der Waals surface area contributed by atoms with Gasteiger partial charge < -0.3 is 10.2 Å². The van der Waals surface area contributed by atoms with E-state index >= 15 is 0 Å². The molecule has 1 aromatic heterocycles. The van der Waals surface area contributed by atoms with E-state index in [1.807, 2.05) is 30.3 Å². The molecule has 0 spiro atoms. The van der Waals surface area contributed by atoms with Gasteiger partial charge in [-0.05, 0) is 24.6 Å². The van der Waals surface area contributed by atoms with Crippen LogP contribution in [-0.2, 0) is 0 Å². The molecule has 0 radical (unpaired) electrons. The summed E-state index contributed by atoms with van der Waals surface area (Å²) >= 11 is 0. The summed E-state index contributed by atoms with van der Waals surface area (Å²) in [5.74, 6) is 0.137. The Morgan fingerprint density at radius 3 is 2.45 bits per heavy atom. The molecule has 3 N–H and O–H groups in total. The van der Waals surface area contributed by atoms with Gasteiger partial charge in [-0.3, -0.25) is 5.10 Å². The third kappa shape index (κ3) is 1.91. The van der Waals surface area contributed by atoms with E-state index in [0.29, 0.717) is 11.1 Å². The first-order chi connectivity index (χ1) is 9.68. The quantitative estimate of drug-likeness (QED) is 0.665. The third-order valence-electron chi connectivity index (χ3n) is 3.40. The Kier molecular flexibility index (Phi) is 2.91. The Labute approximate surface area is 116 Å². The van der Waals surface area contributed by atoms with E-state index in [1.54, 1.807) is 25.3 Å². The highest BCUT2D eigenvalue weighted by Gasteiger charge is 2.15. The Hall–Kier alpha value is -2.75. The third-order valence-corrected chi connectivity index (χ3v) is 3.40. The summed E-state index contributed by atoms with van der Waals surface area (Å²) in [4.78, 5) is 0. The maximum absolute atomic E-state index is 10.2. The van der Waals surface area contributed by atoms with Crippen LogP contribution in [0.3, 0.4) is 0 Å². The van der Waals surface area contributed by atoms with Gasteiger partial charge in [-0.15, -0.1) is 0 Å². The normalized spacial score (nSPS) is 10.7. The number of aromatic nitrogens is 2. The lowest BCUT2D eigenvalue weighted by molar-refractivity contribution is 0.444. The van der Waals surface area contributed by atoms with Crippen LogP contribution in [0, 0.1) is 6.92 Å². The maximum atomic E-state index is 10.2. The van der Waals surface area contributed by atoms with Gasteiger partial charge in [0.1, 0.15) is 11.5 Å². The number of rotatable bonds is 2. The van der Waals surface area contributed by atoms with Crippen molar-refractivity contribution < 1.29 is 10.2 Å². The summed E-state index contributed by atoms with van der Waals surface area (Å²) in [6.45, 7) is 1.67. The lowest BCUT2D eigenvalue weighted by atomic mass is 9.99. The van der Waals surface area contributed by atoms with E-state index in [2.05, 4.69) is 10.2 Å². The molecule has 0 saturated heterocycles. The lowest BCUT2D eigenvalue weighted by Gasteiger charge is -2.09. The van der Waals surface area contributed by atoms with Gasteiger partial charge >= 0.3 is 0 Å². The second-order valence-corrected chi connectivity index (χ2v) is 4.63. The van der Waals surface area contributed by atoms with E-state index in [4.69, 9.17) is 0 Å². The predicted octanol–water partition coefficient (Wildman–Crippen LogP) is 3.46. The first-order valence-electron chi connectivity index (χ1n) is 6.29. The fourth-order valence-corrected chi connectivity index (χ4v) is 2.22. The Balaban J connectivity index is 2.18. The topological polar surface area (TPSA) is 69.1 Å². The smallest absolute Gasteiger partial charge is 0.131 e. The van der Waals surface area contributed by atoms with Crippen LogP contribution in [-0.4, -0.2) is 20.4 Å². The first-order valence-corrected chi connectivity index (χ1v) is 6.29. The number of benzene rings is 2. The summed E-state index contributed by atoms with van der Waals surface area (Å²) < 4.78 is 0. The Bertz CT molecular complexity index is 748. The number of phenols is 2. The Morgan fingerprint density at radius 1 is 0.950 bits per heavy atom. The molecular weight excluding hydrogens is 252 g/mol. The van der Waals surface area contributed by atoms with Gasteiger partial charge in [0, 0.05) is 16.7 Å². The van der Waals surface area contributed by atoms with Crippen LogP contribution in [0.1, 0.15) is 5.56 Å². The highest BCUT2D eigenvalue weighted by Crippen LogP contribution is 2.39. The zero-order valence-electron chi connectivity index (χ0n) is 11.0. The zero-order chi connectivity index (χ0) is 14.1. The van der Waals surface area contributed by atoms with E-state index in [-0.39, 0.29) is 11.5 Å². The highest BCUT2D eigenvalue weighted by atomic mass is 16.3. The molecule has 0 bridgehead atoms. The molecule has 1 heterocycles. The molecule has 2 aromatic carbocycles. The van der Waals surface area contributed by atoms with Crippen molar-refractivity contribution in [1.29, 1.82) is 0 Å². The molecule has 3 aromatic rings. The van der Waals surface area contributed by atoms with E-state index in [9.17, 15) is 10.2 Å². The van der Waals surface area contributed by atoms with Crippen molar-refractivity contribution in [2.24, 2.45) is 0 Å². The van der Waals surface area contributed by atoms with Crippen LogP contribution in [0.25, 0.3) is 22.4 Å². The number of aromatic amines is 1. The van der Waals surface area contributed by atoms with Crippen molar-refractivity contribution in [3.05, 3.63) is 54.2 Å². The summed E-state index contributed by atoms with van der Waals surface area (Å²) in [6.07, 6.45) is 1.73. The summed E-state index contributed by atoms with van der Waals surface area (Å²) in [5.41, 5.74) is 3.73. The molecule has 4 nitrogen and oxygen atoms in total. The first kappa shape index (κ1) is 12.3. The van der Waals surface area contributed by atoms with Crippen LogP contribution >= 0.6 is 0 Å². The van der Waals surface area contributed by atoms with E-state index in [1.165, 1.54) is 0 Å². The number of H-pyrrole nitrogens is 1. The Morgan fingerprint density at radius 2 is 1.70 bits per heavy atom. The van der Waals surface area contributed by atoms with Crippen molar-refractivity contribution in [3.63, 3.8) is 0 Å². The van der Waals surface area contributed by atoms with Gasteiger partial charge in [-0.2, -0.15) is 5.10 Å². The van der Waals surface area contributed by atoms with Crippen LogP contribution in [0.5, 0.6) is 11.5 Å².